The molecule has 1 unspecified atom stereocenters. The number of halogens is 1. The summed E-state index contributed by atoms with van der Waals surface area (Å²) in [5, 5.41) is 2.22. The maximum Gasteiger partial charge on any atom is 0.0699 e. The van der Waals surface area contributed by atoms with Crippen LogP contribution < -0.4 is 4.90 Å². The maximum atomic E-state index is 2.57. The second-order valence-electron chi connectivity index (χ2n) is 5.76. The van der Waals surface area contributed by atoms with E-state index in [1.165, 1.54) is 26.8 Å². The Morgan fingerprint density at radius 1 is 1.18 bits per heavy atom. The Kier molecular flexibility index (Phi) is 6.21. The summed E-state index contributed by atoms with van der Waals surface area (Å²) in [7, 11) is 4.29. The molecule has 0 radical (unpaired) electrons. The van der Waals surface area contributed by atoms with Crippen LogP contribution in [0.25, 0.3) is 0 Å². The monoisotopic (exact) mass is 354 g/mol. The Balaban J connectivity index is 0.00000176. The average molecular weight is 355 g/mol. The van der Waals surface area contributed by atoms with Crippen LogP contribution in [0.3, 0.4) is 0 Å². The number of hydrogen-bond acceptors (Lipinski definition) is 4. The van der Waals surface area contributed by atoms with Gasteiger partial charge in [-0.25, -0.2) is 0 Å². The zero-order valence-corrected chi connectivity index (χ0v) is 15.7. The molecule has 2 nitrogen and oxygen atoms in total. The first-order valence-corrected chi connectivity index (χ1v) is 9.12. The maximum absolute atomic E-state index is 2.57. The Bertz CT molecular complexity index is 612. The van der Waals surface area contributed by atoms with E-state index in [4.69, 9.17) is 0 Å². The summed E-state index contributed by atoms with van der Waals surface area (Å²) in [4.78, 5) is 6.22. The second kappa shape index (κ2) is 7.73. The fourth-order valence-electron chi connectivity index (χ4n) is 2.83. The highest BCUT2D eigenvalue weighted by Gasteiger charge is 2.26. The molecule has 0 aliphatic carbocycles. The molecule has 1 aliphatic rings. The van der Waals surface area contributed by atoms with Crippen LogP contribution in [0.15, 0.2) is 44.8 Å². The van der Waals surface area contributed by atoms with E-state index < -0.39 is 0 Å². The Hall–Kier alpha value is -0.680. The van der Waals surface area contributed by atoms with E-state index in [2.05, 4.69) is 66.5 Å². The van der Waals surface area contributed by atoms with Crippen molar-refractivity contribution < 1.29 is 0 Å². The molecule has 0 fully saturated rings. The molecule has 2 heterocycles. The summed E-state index contributed by atoms with van der Waals surface area (Å²) in [5.41, 5.74) is 2.86. The van der Waals surface area contributed by atoms with E-state index in [1.807, 2.05) is 23.1 Å². The molecule has 0 N–H and O–H groups in total. The summed E-state index contributed by atoms with van der Waals surface area (Å²) < 4.78 is 1.45. The van der Waals surface area contributed by atoms with Crippen LogP contribution in [-0.4, -0.2) is 32.1 Å². The minimum absolute atomic E-state index is 0. The average Bonchev–Trinajstić information content (AvgIpc) is 2.88. The van der Waals surface area contributed by atoms with E-state index >= 15 is 0 Å². The van der Waals surface area contributed by atoms with Crippen LogP contribution in [0.1, 0.15) is 24.9 Å². The molecule has 1 aromatic heterocycles. The first kappa shape index (κ1) is 17.7. The van der Waals surface area contributed by atoms with Crippen LogP contribution in [-0.2, 0) is 0 Å². The molecule has 0 amide bonds. The summed E-state index contributed by atoms with van der Waals surface area (Å²) in [6.45, 7) is 4.57. The lowest BCUT2D eigenvalue weighted by molar-refractivity contribution is 0.397. The minimum atomic E-state index is 0. The number of thiophene rings is 1. The van der Waals surface area contributed by atoms with E-state index in [0.717, 1.165) is 13.1 Å². The van der Waals surface area contributed by atoms with Gasteiger partial charge in [0.1, 0.15) is 0 Å². The van der Waals surface area contributed by atoms with Crippen molar-refractivity contribution in [3.05, 3.63) is 41.3 Å². The van der Waals surface area contributed by atoms with Gasteiger partial charge in [-0.2, -0.15) is 0 Å². The number of para-hydroxylation sites is 1. The van der Waals surface area contributed by atoms with Gasteiger partial charge in [0.2, 0.25) is 0 Å². The Labute approximate surface area is 147 Å². The van der Waals surface area contributed by atoms with Gasteiger partial charge in [0.25, 0.3) is 0 Å². The highest BCUT2D eigenvalue weighted by Crippen LogP contribution is 2.47. The van der Waals surface area contributed by atoms with E-state index in [-0.39, 0.29) is 12.4 Å². The topological polar surface area (TPSA) is 6.48 Å². The normalized spacial score (nSPS) is 16.7. The van der Waals surface area contributed by atoms with Crippen LogP contribution in [0, 0.1) is 0 Å². The number of benzene rings is 1. The molecular formula is C17H23ClN2S2. The molecule has 2 aromatic rings. The van der Waals surface area contributed by atoms with Gasteiger partial charge >= 0.3 is 0 Å². The van der Waals surface area contributed by atoms with Gasteiger partial charge in [-0.1, -0.05) is 23.9 Å². The van der Waals surface area contributed by atoms with Crippen molar-refractivity contribution in [2.24, 2.45) is 0 Å². The highest BCUT2D eigenvalue weighted by molar-refractivity contribution is 8.01. The van der Waals surface area contributed by atoms with Crippen molar-refractivity contribution in [2.45, 2.75) is 28.5 Å². The van der Waals surface area contributed by atoms with Crippen LogP contribution in [0.5, 0.6) is 0 Å². The first-order chi connectivity index (χ1) is 10.2. The Morgan fingerprint density at radius 3 is 2.73 bits per heavy atom. The van der Waals surface area contributed by atoms with Gasteiger partial charge in [-0.3, -0.25) is 0 Å². The summed E-state index contributed by atoms with van der Waals surface area (Å²) in [6, 6.07) is 11.6. The van der Waals surface area contributed by atoms with Crippen LogP contribution in [0.2, 0.25) is 0 Å². The largest absolute Gasteiger partial charge is 0.364 e. The molecule has 22 heavy (non-hydrogen) atoms. The number of hydrogen-bond donors (Lipinski definition) is 0. The molecule has 1 aliphatic heterocycles. The summed E-state index contributed by atoms with van der Waals surface area (Å²) in [6.07, 6.45) is 1.19. The number of fused-ring (bicyclic) bond motifs is 2. The molecule has 0 spiro atoms. The summed E-state index contributed by atoms with van der Waals surface area (Å²) in [5.74, 6) is 0. The van der Waals surface area contributed by atoms with Crippen molar-refractivity contribution in [3.63, 3.8) is 0 Å². The highest BCUT2D eigenvalue weighted by atomic mass is 35.5. The zero-order chi connectivity index (χ0) is 14.8. The molecule has 0 bridgehead atoms. The third kappa shape index (κ3) is 3.62. The van der Waals surface area contributed by atoms with Crippen molar-refractivity contribution in [3.8, 4) is 0 Å². The van der Waals surface area contributed by atoms with E-state index in [1.54, 1.807) is 0 Å². The molecule has 0 saturated heterocycles. The lowest BCUT2D eigenvalue weighted by atomic mass is 10.1. The third-order valence-electron chi connectivity index (χ3n) is 3.96. The Morgan fingerprint density at radius 2 is 1.95 bits per heavy atom. The quantitative estimate of drug-likeness (QED) is 0.749. The van der Waals surface area contributed by atoms with Crippen molar-refractivity contribution in [2.75, 3.05) is 32.1 Å². The molecule has 1 aromatic carbocycles. The predicted molar refractivity (Wildman–Crippen MR) is 101 cm³/mol. The molecular weight excluding hydrogens is 332 g/mol. The van der Waals surface area contributed by atoms with Crippen LogP contribution in [0.4, 0.5) is 5.69 Å². The van der Waals surface area contributed by atoms with Gasteiger partial charge in [0.15, 0.2) is 0 Å². The molecule has 1 atom stereocenters. The smallest absolute Gasteiger partial charge is 0.0699 e. The van der Waals surface area contributed by atoms with E-state index in [9.17, 15) is 0 Å². The lowest BCUT2D eigenvalue weighted by Gasteiger charge is -2.31. The number of nitrogens with zero attached hydrogens (tertiary/aromatic N) is 2. The third-order valence-corrected chi connectivity index (χ3v) is 6.20. The second-order valence-corrected chi connectivity index (χ2v) is 7.99. The lowest BCUT2D eigenvalue weighted by Crippen LogP contribution is -2.29. The molecule has 120 valence electrons. The molecule has 0 saturated carbocycles. The summed E-state index contributed by atoms with van der Waals surface area (Å²) >= 11 is 3.79. The zero-order valence-electron chi connectivity index (χ0n) is 13.3. The number of anilines is 1. The van der Waals surface area contributed by atoms with Gasteiger partial charge in [0.05, 0.1) is 15.9 Å². The standard InChI is InChI=1S/C17H22N2S2.ClH/c1-13-14-9-12-20-17(14)21-16-8-5-4-7-15(16)19(13)11-6-10-18(2)3;/h4-5,7-9,12-13H,6,10-11H2,1-3H3;1H. The fourth-order valence-corrected chi connectivity index (χ4v) is 5.16. The molecule has 5 heteroatoms. The first-order valence-electron chi connectivity index (χ1n) is 7.42. The minimum Gasteiger partial charge on any atom is -0.364 e. The van der Waals surface area contributed by atoms with Gasteiger partial charge in [-0.15, -0.1) is 23.7 Å². The van der Waals surface area contributed by atoms with Gasteiger partial charge < -0.3 is 9.80 Å². The van der Waals surface area contributed by atoms with Gasteiger partial charge in [-0.05, 0) is 63.1 Å². The van der Waals surface area contributed by atoms with Crippen molar-refractivity contribution in [1.29, 1.82) is 0 Å². The van der Waals surface area contributed by atoms with Crippen molar-refractivity contribution in [1.82, 2.24) is 4.90 Å². The van der Waals surface area contributed by atoms with Crippen LogP contribution >= 0.6 is 35.5 Å². The van der Waals surface area contributed by atoms with Crippen molar-refractivity contribution >= 4 is 41.2 Å². The SMILES string of the molecule is CC1c2ccsc2Sc2ccccc2N1CCCN(C)C.Cl. The fraction of sp³-hybridized carbons (Fsp3) is 0.412. The van der Waals surface area contributed by atoms with E-state index in [0.29, 0.717) is 6.04 Å². The number of rotatable bonds is 4. The van der Waals surface area contributed by atoms with Gasteiger partial charge in [0, 0.05) is 11.4 Å². The predicted octanol–water partition coefficient (Wildman–Crippen LogP) is 5.15. The molecule has 3 rings (SSSR count).